The summed E-state index contributed by atoms with van der Waals surface area (Å²) < 4.78 is 1.65. The Morgan fingerprint density at radius 2 is 2.00 bits per heavy atom. The smallest absolute Gasteiger partial charge is 0.293 e. The quantitative estimate of drug-likeness (QED) is 0.830. The third-order valence-electron chi connectivity index (χ3n) is 3.00. The lowest BCUT2D eigenvalue weighted by atomic mass is 9.97. The first-order valence-corrected chi connectivity index (χ1v) is 5.86. The summed E-state index contributed by atoms with van der Waals surface area (Å²) in [7, 11) is 0. The van der Waals surface area contributed by atoms with Crippen molar-refractivity contribution in [1.29, 1.82) is 0 Å². The summed E-state index contributed by atoms with van der Waals surface area (Å²) in [6.45, 7) is 9.72. The molecule has 0 fully saturated rings. The predicted molar refractivity (Wildman–Crippen MR) is 70.2 cm³/mol. The number of anilines is 1. The van der Waals surface area contributed by atoms with E-state index in [2.05, 4.69) is 10.3 Å². The zero-order chi connectivity index (χ0) is 13.2. The van der Waals surface area contributed by atoms with Gasteiger partial charge in [-0.15, -0.1) is 0 Å². The van der Waals surface area contributed by atoms with Crippen LogP contribution in [-0.2, 0) is 0 Å². The first-order valence-electron chi connectivity index (χ1n) is 5.86. The maximum atomic E-state index is 12.1. The van der Waals surface area contributed by atoms with Crippen LogP contribution in [0.15, 0.2) is 17.2 Å². The molecule has 1 unspecified atom stereocenters. The molecule has 1 heterocycles. The van der Waals surface area contributed by atoms with Gasteiger partial charge in [0.1, 0.15) is 0 Å². The molecule has 0 radical (unpaired) electrons. The van der Waals surface area contributed by atoms with Crippen molar-refractivity contribution in [2.24, 2.45) is 5.73 Å². The molecule has 0 saturated carbocycles. The minimum atomic E-state index is -0.373. The molecule has 3 N–H and O–H groups in total. The zero-order valence-electron chi connectivity index (χ0n) is 11.2. The van der Waals surface area contributed by atoms with Gasteiger partial charge in [-0.3, -0.25) is 4.79 Å². The molecule has 5 nitrogen and oxygen atoms in total. The zero-order valence-corrected chi connectivity index (χ0v) is 11.2. The molecule has 1 aromatic rings. The topological polar surface area (TPSA) is 72.9 Å². The fraction of sp³-hybridized carbons (Fsp3) is 0.667. The normalized spacial score (nSPS) is 13.8. The molecule has 1 aromatic heterocycles. The maximum Gasteiger partial charge on any atom is 0.293 e. The lowest BCUT2D eigenvalue weighted by Gasteiger charge is -2.30. The van der Waals surface area contributed by atoms with Crippen LogP contribution in [0.2, 0.25) is 0 Å². The van der Waals surface area contributed by atoms with Crippen LogP contribution in [0.4, 0.5) is 5.82 Å². The molecule has 0 aliphatic rings. The van der Waals surface area contributed by atoms with Gasteiger partial charge in [0.15, 0.2) is 5.82 Å². The minimum Gasteiger partial charge on any atom is -0.359 e. The van der Waals surface area contributed by atoms with E-state index in [0.717, 1.165) is 0 Å². The van der Waals surface area contributed by atoms with Crippen LogP contribution in [0.1, 0.15) is 40.7 Å². The average Bonchev–Trinajstić information content (AvgIpc) is 2.20. The Morgan fingerprint density at radius 3 is 2.47 bits per heavy atom. The Balaban J connectivity index is 3.09. The van der Waals surface area contributed by atoms with Crippen LogP contribution < -0.4 is 16.6 Å². The number of rotatable bonds is 4. The Kier molecular flexibility index (Phi) is 3.93. The van der Waals surface area contributed by atoms with E-state index in [-0.39, 0.29) is 23.2 Å². The van der Waals surface area contributed by atoms with E-state index >= 15 is 0 Å². The number of nitrogens with one attached hydrogen (secondary N) is 1. The van der Waals surface area contributed by atoms with E-state index in [9.17, 15) is 4.79 Å². The van der Waals surface area contributed by atoms with Gasteiger partial charge in [0.05, 0.1) is 0 Å². The van der Waals surface area contributed by atoms with Crippen LogP contribution in [0, 0.1) is 0 Å². The second-order valence-electron chi connectivity index (χ2n) is 5.22. The number of nitrogens with two attached hydrogens (primary N) is 1. The van der Waals surface area contributed by atoms with E-state index in [4.69, 9.17) is 5.73 Å². The minimum absolute atomic E-state index is 0.0867. The second kappa shape index (κ2) is 4.87. The third kappa shape index (κ3) is 3.06. The molecular weight excluding hydrogens is 216 g/mol. The van der Waals surface area contributed by atoms with Crippen LogP contribution >= 0.6 is 0 Å². The van der Waals surface area contributed by atoms with Gasteiger partial charge in [-0.2, -0.15) is 0 Å². The van der Waals surface area contributed by atoms with Crippen molar-refractivity contribution in [3.05, 3.63) is 22.7 Å². The third-order valence-corrected chi connectivity index (χ3v) is 3.00. The monoisotopic (exact) mass is 238 g/mol. The molecule has 0 aliphatic heterocycles. The molecule has 0 spiro atoms. The number of nitrogens with zero attached hydrogens (tertiary/aromatic N) is 2. The second-order valence-corrected chi connectivity index (χ2v) is 5.22. The molecule has 1 atom stereocenters. The van der Waals surface area contributed by atoms with Crippen LogP contribution in [0.3, 0.4) is 0 Å². The summed E-state index contributed by atoms with van der Waals surface area (Å²) in [5.74, 6) is 0.350. The first-order chi connectivity index (χ1) is 7.75. The van der Waals surface area contributed by atoms with Gasteiger partial charge in [-0.05, 0) is 34.6 Å². The van der Waals surface area contributed by atoms with Gasteiger partial charge in [0.25, 0.3) is 5.56 Å². The van der Waals surface area contributed by atoms with E-state index < -0.39 is 0 Å². The highest BCUT2D eigenvalue weighted by Crippen LogP contribution is 2.12. The van der Waals surface area contributed by atoms with Gasteiger partial charge in [-0.25, -0.2) is 4.98 Å². The predicted octanol–water partition coefficient (Wildman–Crippen LogP) is 1.36. The van der Waals surface area contributed by atoms with Crippen molar-refractivity contribution >= 4 is 5.82 Å². The fourth-order valence-electron chi connectivity index (χ4n) is 1.34. The lowest BCUT2D eigenvalue weighted by molar-refractivity contribution is 0.466. The molecule has 5 heteroatoms. The van der Waals surface area contributed by atoms with Gasteiger partial charge < -0.3 is 15.6 Å². The Morgan fingerprint density at radius 1 is 1.41 bits per heavy atom. The van der Waals surface area contributed by atoms with Crippen molar-refractivity contribution in [2.45, 2.75) is 52.2 Å². The summed E-state index contributed by atoms with van der Waals surface area (Å²) in [5.41, 5.74) is 5.38. The van der Waals surface area contributed by atoms with E-state index in [1.165, 1.54) is 0 Å². The molecule has 0 aliphatic carbocycles. The Labute approximate surface area is 102 Å². The summed E-state index contributed by atoms with van der Waals surface area (Å²) in [5, 5.41) is 3.11. The molecule has 96 valence electrons. The summed E-state index contributed by atoms with van der Waals surface area (Å²) >= 11 is 0. The lowest BCUT2D eigenvalue weighted by Crippen LogP contribution is -2.48. The van der Waals surface area contributed by atoms with Crippen LogP contribution in [-0.4, -0.2) is 21.1 Å². The molecule has 0 aromatic carbocycles. The highest BCUT2D eigenvalue weighted by Gasteiger charge is 2.24. The molecule has 0 amide bonds. The van der Waals surface area contributed by atoms with Crippen LogP contribution in [0.25, 0.3) is 0 Å². The van der Waals surface area contributed by atoms with Crippen molar-refractivity contribution in [2.75, 3.05) is 5.32 Å². The van der Waals surface area contributed by atoms with Crippen molar-refractivity contribution < 1.29 is 0 Å². The molecular formula is C12H22N4O. The number of hydrogen-bond donors (Lipinski definition) is 2. The fourth-order valence-corrected chi connectivity index (χ4v) is 1.34. The maximum absolute atomic E-state index is 12.1. The number of hydrogen-bond acceptors (Lipinski definition) is 4. The van der Waals surface area contributed by atoms with Crippen molar-refractivity contribution in [3.63, 3.8) is 0 Å². The van der Waals surface area contributed by atoms with Crippen molar-refractivity contribution in [3.8, 4) is 0 Å². The van der Waals surface area contributed by atoms with Crippen LogP contribution in [0.5, 0.6) is 0 Å². The summed E-state index contributed by atoms with van der Waals surface area (Å²) in [6.07, 6.45) is 3.32. The van der Waals surface area contributed by atoms with E-state index in [0.29, 0.717) is 5.82 Å². The number of aromatic nitrogens is 2. The highest BCUT2D eigenvalue weighted by atomic mass is 16.1. The molecule has 1 rings (SSSR count). The standard InChI is InChI=1S/C12H22N4O/c1-8(2)16-7-6-14-10(11(16)17)15-12(4,5)9(3)13/h6-9H,13H2,1-5H3,(H,14,15). The summed E-state index contributed by atoms with van der Waals surface area (Å²) in [6, 6.07) is 0.0286. The molecule has 17 heavy (non-hydrogen) atoms. The van der Waals surface area contributed by atoms with Crippen molar-refractivity contribution in [1.82, 2.24) is 9.55 Å². The Hall–Kier alpha value is -1.36. The largest absolute Gasteiger partial charge is 0.359 e. The first kappa shape index (κ1) is 13.7. The van der Waals surface area contributed by atoms with Gasteiger partial charge in [0, 0.05) is 30.0 Å². The molecule has 0 bridgehead atoms. The van der Waals surface area contributed by atoms with Gasteiger partial charge >= 0.3 is 0 Å². The Bertz CT molecular complexity index is 434. The van der Waals surface area contributed by atoms with E-state index in [1.807, 2.05) is 34.6 Å². The van der Waals surface area contributed by atoms with Gasteiger partial charge in [-0.1, -0.05) is 0 Å². The molecule has 0 saturated heterocycles. The van der Waals surface area contributed by atoms with Gasteiger partial charge in [0.2, 0.25) is 0 Å². The highest BCUT2D eigenvalue weighted by molar-refractivity contribution is 5.35. The summed E-state index contributed by atoms with van der Waals surface area (Å²) in [4.78, 5) is 16.2. The van der Waals surface area contributed by atoms with E-state index in [1.54, 1.807) is 17.0 Å². The average molecular weight is 238 g/mol. The SMILES string of the molecule is CC(C)n1ccnc(NC(C)(C)C(C)N)c1=O.